The third kappa shape index (κ3) is 3.36. The fourth-order valence-electron chi connectivity index (χ4n) is 2.49. The third-order valence-corrected chi connectivity index (χ3v) is 3.58. The van der Waals surface area contributed by atoms with Crippen molar-refractivity contribution in [1.82, 2.24) is 15.2 Å². The maximum Gasteiger partial charge on any atom is 0.209 e. The van der Waals surface area contributed by atoms with E-state index in [2.05, 4.69) is 22.1 Å². The van der Waals surface area contributed by atoms with Gasteiger partial charge in [0.2, 0.25) is 5.89 Å². The molecule has 0 aliphatic carbocycles. The Kier molecular flexibility index (Phi) is 4.30. The van der Waals surface area contributed by atoms with Gasteiger partial charge in [0, 0.05) is 25.7 Å². The van der Waals surface area contributed by atoms with E-state index in [9.17, 15) is 0 Å². The Bertz CT molecular complexity index is 516. The van der Waals surface area contributed by atoms with Gasteiger partial charge in [-0.25, -0.2) is 4.98 Å². The van der Waals surface area contributed by atoms with E-state index >= 15 is 0 Å². The summed E-state index contributed by atoms with van der Waals surface area (Å²) in [5, 5.41) is 3.47. The van der Waals surface area contributed by atoms with Crippen molar-refractivity contribution < 1.29 is 9.15 Å². The van der Waals surface area contributed by atoms with E-state index in [1.807, 2.05) is 24.3 Å². The fraction of sp³-hybridized carbons (Fsp3) is 0.533. The van der Waals surface area contributed by atoms with E-state index < -0.39 is 0 Å². The molecule has 1 aromatic heterocycles. The largest absolute Gasteiger partial charge is 0.439 e. The summed E-state index contributed by atoms with van der Waals surface area (Å²) in [5.74, 6) is 0.750. The number of hydrogen-bond donors (Lipinski definition) is 1. The highest BCUT2D eigenvalue weighted by molar-refractivity contribution is 5.72. The van der Waals surface area contributed by atoms with Gasteiger partial charge in [0.1, 0.15) is 5.52 Å². The minimum absolute atomic E-state index is 0.406. The van der Waals surface area contributed by atoms with Crippen LogP contribution in [0, 0.1) is 0 Å². The Labute approximate surface area is 118 Å². The summed E-state index contributed by atoms with van der Waals surface area (Å²) in [6.07, 6.45) is 0. The summed E-state index contributed by atoms with van der Waals surface area (Å²) in [5.41, 5.74) is 1.77. The molecule has 3 rings (SSSR count). The molecule has 1 saturated heterocycles. The molecule has 108 valence electrons. The van der Waals surface area contributed by atoms with Gasteiger partial charge < -0.3 is 14.5 Å². The topological polar surface area (TPSA) is 50.5 Å². The first-order valence-electron chi connectivity index (χ1n) is 7.19. The molecule has 2 aromatic rings. The second-order valence-corrected chi connectivity index (χ2v) is 5.27. The number of aromatic nitrogens is 1. The van der Waals surface area contributed by atoms with Gasteiger partial charge in [-0.1, -0.05) is 12.1 Å². The molecule has 5 heteroatoms. The summed E-state index contributed by atoms with van der Waals surface area (Å²) >= 11 is 0. The van der Waals surface area contributed by atoms with E-state index in [1.165, 1.54) is 0 Å². The second-order valence-electron chi connectivity index (χ2n) is 5.27. The smallest absolute Gasteiger partial charge is 0.209 e. The van der Waals surface area contributed by atoms with E-state index in [0.717, 1.165) is 49.8 Å². The Morgan fingerprint density at radius 1 is 1.30 bits per heavy atom. The Balaban J connectivity index is 1.50. The van der Waals surface area contributed by atoms with E-state index in [-0.39, 0.29) is 0 Å². The lowest BCUT2D eigenvalue weighted by Gasteiger charge is -2.29. The standard InChI is InChI=1S/C15H21N3O2/c1-12(11-18-6-8-19-9-7-18)16-10-15-17-13-4-2-3-5-14(13)20-15/h2-5,12,16H,6-11H2,1H3/t12-/m0/s1. The third-order valence-electron chi connectivity index (χ3n) is 3.58. The molecule has 1 fully saturated rings. The molecule has 2 heterocycles. The lowest BCUT2D eigenvalue weighted by Crippen LogP contribution is -2.44. The average molecular weight is 275 g/mol. The van der Waals surface area contributed by atoms with Crippen LogP contribution in [0.2, 0.25) is 0 Å². The van der Waals surface area contributed by atoms with E-state index in [4.69, 9.17) is 9.15 Å². The molecule has 0 saturated carbocycles. The van der Waals surface area contributed by atoms with Crippen molar-refractivity contribution in [3.63, 3.8) is 0 Å². The number of oxazole rings is 1. The summed E-state index contributed by atoms with van der Waals surface area (Å²) in [6.45, 7) is 7.63. The monoisotopic (exact) mass is 275 g/mol. The number of ether oxygens (including phenoxy) is 1. The van der Waals surface area contributed by atoms with Gasteiger partial charge in [-0.15, -0.1) is 0 Å². The van der Waals surface area contributed by atoms with E-state index in [1.54, 1.807) is 0 Å². The highest BCUT2D eigenvalue weighted by Gasteiger charge is 2.14. The highest BCUT2D eigenvalue weighted by Crippen LogP contribution is 2.14. The zero-order valence-electron chi connectivity index (χ0n) is 11.8. The van der Waals surface area contributed by atoms with E-state index in [0.29, 0.717) is 12.6 Å². The van der Waals surface area contributed by atoms with Crippen LogP contribution in [0.4, 0.5) is 0 Å². The SMILES string of the molecule is C[C@@H](CN1CCOCC1)NCc1nc2ccccc2o1. The maximum absolute atomic E-state index is 5.70. The Hall–Kier alpha value is -1.43. The number of nitrogens with zero attached hydrogens (tertiary/aromatic N) is 2. The van der Waals surface area contributed by atoms with Crippen molar-refractivity contribution in [3.05, 3.63) is 30.2 Å². The zero-order chi connectivity index (χ0) is 13.8. The summed E-state index contributed by atoms with van der Waals surface area (Å²) < 4.78 is 11.1. The zero-order valence-corrected chi connectivity index (χ0v) is 11.8. The van der Waals surface area contributed by atoms with Gasteiger partial charge in [-0.05, 0) is 19.1 Å². The first-order valence-corrected chi connectivity index (χ1v) is 7.19. The molecule has 0 bridgehead atoms. The van der Waals surface area contributed by atoms with Crippen molar-refractivity contribution in [2.75, 3.05) is 32.8 Å². The lowest BCUT2D eigenvalue weighted by molar-refractivity contribution is 0.0342. The average Bonchev–Trinajstić information content (AvgIpc) is 2.89. The van der Waals surface area contributed by atoms with Crippen LogP contribution in [0.15, 0.2) is 28.7 Å². The molecule has 0 unspecified atom stereocenters. The van der Waals surface area contributed by atoms with Gasteiger partial charge in [0.05, 0.1) is 19.8 Å². The Morgan fingerprint density at radius 2 is 2.10 bits per heavy atom. The molecule has 20 heavy (non-hydrogen) atoms. The lowest BCUT2D eigenvalue weighted by atomic mass is 10.3. The number of benzene rings is 1. The minimum atomic E-state index is 0.406. The van der Waals surface area contributed by atoms with Crippen molar-refractivity contribution in [1.29, 1.82) is 0 Å². The molecule has 0 spiro atoms. The minimum Gasteiger partial charge on any atom is -0.439 e. The number of fused-ring (bicyclic) bond motifs is 1. The molecular weight excluding hydrogens is 254 g/mol. The number of nitrogens with one attached hydrogen (secondary N) is 1. The molecule has 1 N–H and O–H groups in total. The molecule has 1 atom stereocenters. The van der Waals surface area contributed by atoms with Crippen LogP contribution < -0.4 is 5.32 Å². The molecule has 1 aliphatic rings. The first-order chi connectivity index (χ1) is 9.81. The second kappa shape index (κ2) is 6.35. The highest BCUT2D eigenvalue weighted by atomic mass is 16.5. The van der Waals surface area contributed by atoms with Crippen LogP contribution in [0.5, 0.6) is 0 Å². The molecule has 1 aromatic carbocycles. The molecule has 5 nitrogen and oxygen atoms in total. The normalized spacial score (nSPS) is 18.4. The van der Waals surface area contributed by atoms with Crippen molar-refractivity contribution in [2.45, 2.75) is 19.5 Å². The maximum atomic E-state index is 5.70. The van der Waals surface area contributed by atoms with Gasteiger partial charge in [0.15, 0.2) is 5.58 Å². The fourth-order valence-corrected chi connectivity index (χ4v) is 2.49. The van der Waals surface area contributed by atoms with Crippen LogP contribution >= 0.6 is 0 Å². The van der Waals surface area contributed by atoms with Crippen LogP contribution in [-0.2, 0) is 11.3 Å². The molecule has 1 aliphatic heterocycles. The van der Waals surface area contributed by atoms with Crippen molar-refractivity contribution in [3.8, 4) is 0 Å². The van der Waals surface area contributed by atoms with Crippen molar-refractivity contribution >= 4 is 11.1 Å². The Morgan fingerprint density at radius 3 is 2.90 bits per heavy atom. The summed E-state index contributed by atoms with van der Waals surface area (Å²) in [6, 6.07) is 8.26. The quantitative estimate of drug-likeness (QED) is 0.899. The molecule has 0 radical (unpaired) electrons. The van der Waals surface area contributed by atoms with Gasteiger partial charge in [0.25, 0.3) is 0 Å². The molecular formula is C15H21N3O2. The number of hydrogen-bond acceptors (Lipinski definition) is 5. The predicted molar refractivity (Wildman–Crippen MR) is 77.6 cm³/mol. The van der Waals surface area contributed by atoms with Gasteiger partial charge in [-0.3, -0.25) is 4.90 Å². The van der Waals surface area contributed by atoms with Crippen LogP contribution in [-0.4, -0.2) is 48.8 Å². The number of morpholine rings is 1. The van der Waals surface area contributed by atoms with Crippen molar-refractivity contribution in [2.24, 2.45) is 0 Å². The van der Waals surface area contributed by atoms with Crippen LogP contribution in [0.3, 0.4) is 0 Å². The van der Waals surface area contributed by atoms with Gasteiger partial charge >= 0.3 is 0 Å². The van der Waals surface area contributed by atoms with Gasteiger partial charge in [-0.2, -0.15) is 0 Å². The van der Waals surface area contributed by atoms with Crippen LogP contribution in [0.25, 0.3) is 11.1 Å². The predicted octanol–water partition coefficient (Wildman–Crippen LogP) is 1.64. The number of rotatable bonds is 5. The molecule has 0 amide bonds. The van der Waals surface area contributed by atoms with Crippen LogP contribution in [0.1, 0.15) is 12.8 Å². The summed E-state index contributed by atoms with van der Waals surface area (Å²) in [4.78, 5) is 6.89. The first kappa shape index (κ1) is 13.5. The number of para-hydroxylation sites is 2. The summed E-state index contributed by atoms with van der Waals surface area (Å²) in [7, 11) is 0.